The number of para-hydroxylation sites is 3. The van der Waals surface area contributed by atoms with Crippen molar-refractivity contribution in [3.8, 4) is 0 Å². The molecule has 5 rings (SSSR count). The zero-order chi connectivity index (χ0) is 18.2. The van der Waals surface area contributed by atoms with E-state index in [0.29, 0.717) is 0 Å². The highest BCUT2D eigenvalue weighted by molar-refractivity contribution is 9.10. The molecule has 5 aromatic rings. The van der Waals surface area contributed by atoms with Gasteiger partial charge in [0.25, 0.3) is 0 Å². The molecule has 27 heavy (non-hydrogen) atoms. The first-order valence-corrected chi connectivity index (χ1v) is 9.61. The third-order valence-corrected chi connectivity index (χ3v) is 5.15. The van der Waals surface area contributed by atoms with Crippen LogP contribution < -0.4 is 4.90 Å². The molecule has 1 heterocycles. The highest BCUT2D eigenvalue weighted by Crippen LogP contribution is 2.44. The van der Waals surface area contributed by atoms with Crippen LogP contribution in [0.25, 0.3) is 21.9 Å². The summed E-state index contributed by atoms with van der Waals surface area (Å²) in [5.41, 5.74) is 5.06. The van der Waals surface area contributed by atoms with Crippen LogP contribution in [0.15, 0.2) is 106 Å². The Morgan fingerprint density at radius 3 is 1.89 bits per heavy atom. The molecule has 0 aliphatic carbocycles. The first-order valence-electron chi connectivity index (χ1n) is 8.82. The van der Waals surface area contributed by atoms with E-state index in [0.717, 1.165) is 43.5 Å². The highest BCUT2D eigenvalue weighted by Gasteiger charge is 2.19. The summed E-state index contributed by atoms with van der Waals surface area (Å²) in [6.07, 6.45) is 0. The van der Waals surface area contributed by atoms with Gasteiger partial charge >= 0.3 is 0 Å². The Morgan fingerprint density at radius 1 is 0.630 bits per heavy atom. The quantitative estimate of drug-likeness (QED) is 0.299. The second-order valence-electron chi connectivity index (χ2n) is 6.40. The Hall–Kier alpha value is -3.04. The van der Waals surface area contributed by atoms with Gasteiger partial charge in [-0.3, -0.25) is 0 Å². The Balaban J connectivity index is 1.88. The molecule has 1 aromatic heterocycles. The molecule has 0 unspecified atom stereocenters. The maximum atomic E-state index is 6.14. The van der Waals surface area contributed by atoms with Gasteiger partial charge in [0, 0.05) is 21.2 Å². The van der Waals surface area contributed by atoms with Crippen molar-refractivity contribution in [3.63, 3.8) is 0 Å². The van der Waals surface area contributed by atoms with E-state index < -0.39 is 0 Å². The van der Waals surface area contributed by atoms with E-state index in [4.69, 9.17) is 4.42 Å². The SMILES string of the molecule is Brc1cc(N(c2ccccc2)c2ccccc2)c2c(c1)oc1ccccc12. The number of benzene rings is 4. The number of rotatable bonds is 3. The number of anilines is 3. The van der Waals surface area contributed by atoms with Crippen molar-refractivity contribution in [3.05, 3.63) is 102 Å². The van der Waals surface area contributed by atoms with Crippen LogP contribution in [0.2, 0.25) is 0 Å². The second-order valence-corrected chi connectivity index (χ2v) is 7.32. The van der Waals surface area contributed by atoms with E-state index >= 15 is 0 Å². The van der Waals surface area contributed by atoms with Gasteiger partial charge in [-0.2, -0.15) is 0 Å². The molecule has 0 saturated carbocycles. The van der Waals surface area contributed by atoms with E-state index in [2.05, 4.69) is 87.6 Å². The fourth-order valence-corrected chi connectivity index (χ4v) is 3.98. The maximum Gasteiger partial charge on any atom is 0.138 e. The van der Waals surface area contributed by atoms with Crippen LogP contribution in [0, 0.1) is 0 Å². The fourth-order valence-electron chi connectivity index (χ4n) is 3.56. The smallest absolute Gasteiger partial charge is 0.138 e. The van der Waals surface area contributed by atoms with E-state index in [1.807, 2.05) is 30.3 Å². The number of nitrogens with zero attached hydrogens (tertiary/aromatic N) is 1. The number of hydrogen-bond acceptors (Lipinski definition) is 2. The summed E-state index contributed by atoms with van der Waals surface area (Å²) in [5.74, 6) is 0. The molecule has 0 saturated heterocycles. The van der Waals surface area contributed by atoms with Crippen LogP contribution in [0.4, 0.5) is 17.1 Å². The minimum Gasteiger partial charge on any atom is -0.456 e. The predicted octanol–water partition coefficient (Wildman–Crippen LogP) is 7.82. The van der Waals surface area contributed by atoms with Gasteiger partial charge in [-0.15, -0.1) is 0 Å². The van der Waals surface area contributed by atoms with Gasteiger partial charge in [-0.05, 0) is 42.5 Å². The summed E-state index contributed by atoms with van der Waals surface area (Å²) < 4.78 is 7.13. The second kappa shape index (κ2) is 6.60. The molecule has 4 aromatic carbocycles. The van der Waals surface area contributed by atoms with Gasteiger partial charge < -0.3 is 9.32 Å². The normalized spacial score (nSPS) is 11.1. The molecule has 0 atom stereocenters. The first kappa shape index (κ1) is 16.2. The van der Waals surface area contributed by atoms with Crippen molar-refractivity contribution in [1.29, 1.82) is 0 Å². The Kier molecular flexibility index (Phi) is 3.95. The van der Waals surface area contributed by atoms with Gasteiger partial charge in [0.15, 0.2) is 0 Å². The monoisotopic (exact) mass is 413 g/mol. The zero-order valence-corrected chi connectivity index (χ0v) is 16.1. The lowest BCUT2D eigenvalue weighted by molar-refractivity contribution is 0.668. The molecule has 0 aliphatic heterocycles. The maximum absolute atomic E-state index is 6.14. The summed E-state index contributed by atoms with van der Waals surface area (Å²) in [6.45, 7) is 0. The van der Waals surface area contributed by atoms with Crippen molar-refractivity contribution < 1.29 is 4.42 Å². The Labute approximate surface area is 165 Å². The summed E-state index contributed by atoms with van der Waals surface area (Å²) in [7, 11) is 0. The minimum absolute atomic E-state index is 0.873. The van der Waals surface area contributed by atoms with Gasteiger partial charge in [0.2, 0.25) is 0 Å². The highest BCUT2D eigenvalue weighted by atomic mass is 79.9. The molecule has 0 bridgehead atoms. The van der Waals surface area contributed by atoms with Gasteiger partial charge in [-0.1, -0.05) is 70.5 Å². The van der Waals surface area contributed by atoms with Crippen LogP contribution in [0.3, 0.4) is 0 Å². The average molecular weight is 414 g/mol. The molecule has 0 spiro atoms. The zero-order valence-electron chi connectivity index (χ0n) is 14.5. The molecule has 3 heteroatoms. The van der Waals surface area contributed by atoms with Gasteiger partial charge in [0.1, 0.15) is 11.2 Å². The third kappa shape index (κ3) is 2.81. The predicted molar refractivity (Wildman–Crippen MR) is 116 cm³/mol. The lowest BCUT2D eigenvalue weighted by Crippen LogP contribution is -2.10. The largest absolute Gasteiger partial charge is 0.456 e. The molecular weight excluding hydrogens is 398 g/mol. The van der Waals surface area contributed by atoms with Crippen molar-refractivity contribution in [2.24, 2.45) is 0 Å². The fraction of sp³-hybridized carbons (Fsp3) is 0. The lowest BCUT2D eigenvalue weighted by atomic mass is 10.1. The number of fused-ring (bicyclic) bond motifs is 3. The van der Waals surface area contributed by atoms with Crippen molar-refractivity contribution in [2.75, 3.05) is 4.90 Å². The molecule has 2 nitrogen and oxygen atoms in total. The number of hydrogen-bond donors (Lipinski definition) is 0. The topological polar surface area (TPSA) is 16.4 Å². The van der Waals surface area contributed by atoms with Crippen molar-refractivity contribution >= 4 is 54.9 Å². The van der Waals surface area contributed by atoms with E-state index in [1.165, 1.54) is 0 Å². The molecule has 0 N–H and O–H groups in total. The average Bonchev–Trinajstić information content (AvgIpc) is 3.08. The van der Waals surface area contributed by atoms with Gasteiger partial charge in [-0.25, -0.2) is 0 Å². The third-order valence-electron chi connectivity index (χ3n) is 4.69. The van der Waals surface area contributed by atoms with Crippen LogP contribution in [0.5, 0.6) is 0 Å². The molecular formula is C24H16BrNO. The summed E-state index contributed by atoms with van der Waals surface area (Å²) in [4.78, 5) is 2.27. The molecule has 130 valence electrons. The molecule has 0 fully saturated rings. The first-order chi connectivity index (χ1) is 13.3. The lowest BCUT2D eigenvalue weighted by Gasteiger charge is -2.26. The van der Waals surface area contributed by atoms with Gasteiger partial charge in [0.05, 0.1) is 11.1 Å². The van der Waals surface area contributed by atoms with Crippen LogP contribution in [-0.4, -0.2) is 0 Å². The van der Waals surface area contributed by atoms with Crippen molar-refractivity contribution in [1.82, 2.24) is 0 Å². The van der Waals surface area contributed by atoms with Crippen LogP contribution in [0.1, 0.15) is 0 Å². The summed E-state index contributed by atoms with van der Waals surface area (Å²) in [6, 6.07) is 33.2. The van der Waals surface area contributed by atoms with E-state index in [1.54, 1.807) is 0 Å². The minimum atomic E-state index is 0.873. The van der Waals surface area contributed by atoms with Crippen LogP contribution >= 0.6 is 15.9 Å². The van der Waals surface area contributed by atoms with Crippen LogP contribution in [-0.2, 0) is 0 Å². The Bertz CT molecular complexity index is 1190. The van der Waals surface area contributed by atoms with Crippen molar-refractivity contribution in [2.45, 2.75) is 0 Å². The van der Waals surface area contributed by atoms with E-state index in [9.17, 15) is 0 Å². The molecule has 0 aliphatic rings. The molecule has 0 amide bonds. The van der Waals surface area contributed by atoms with E-state index in [-0.39, 0.29) is 0 Å². The molecule has 0 radical (unpaired) electrons. The Morgan fingerprint density at radius 2 is 1.22 bits per heavy atom. The summed E-state index contributed by atoms with van der Waals surface area (Å²) >= 11 is 3.67. The summed E-state index contributed by atoms with van der Waals surface area (Å²) in [5, 5.41) is 2.23. The number of furan rings is 1. The standard InChI is InChI=1S/C24H16BrNO/c25-17-15-21(24-20-13-7-8-14-22(20)27-23(24)16-17)26(18-9-3-1-4-10-18)19-11-5-2-6-12-19/h1-16H. The number of halogens is 1.